The summed E-state index contributed by atoms with van der Waals surface area (Å²) in [6.07, 6.45) is 7.04. The first-order valence-corrected chi connectivity index (χ1v) is 7.88. The average Bonchev–Trinajstić information content (AvgIpc) is 2.85. The maximum Gasteiger partial charge on any atom is 0.0664 e. The molecule has 0 aromatic heterocycles. The van der Waals surface area contributed by atoms with Gasteiger partial charge in [-0.1, -0.05) is 20.8 Å². The Morgan fingerprint density at radius 2 is 1.79 bits per heavy atom. The molecule has 2 rings (SSSR count). The zero-order valence-corrected chi connectivity index (χ0v) is 13.1. The molecule has 1 aliphatic heterocycles. The number of hydrogen-bond donors (Lipinski definition) is 1. The predicted octanol–water partition coefficient (Wildman–Crippen LogP) is 2.98. The smallest absolute Gasteiger partial charge is 0.0664 e. The fraction of sp³-hybridized carbons (Fsp3) is 1.00. The highest BCUT2D eigenvalue weighted by Gasteiger charge is 2.37. The summed E-state index contributed by atoms with van der Waals surface area (Å²) in [6.45, 7) is 8.92. The van der Waals surface area contributed by atoms with Crippen molar-refractivity contribution in [1.82, 2.24) is 5.32 Å². The molecule has 0 radical (unpaired) electrons. The van der Waals surface area contributed by atoms with Crippen molar-refractivity contribution in [3.05, 3.63) is 0 Å². The molecule has 0 aromatic rings. The highest BCUT2D eigenvalue weighted by atomic mass is 16.5. The molecule has 1 saturated carbocycles. The summed E-state index contributed by atoms with van der Waals surface area (Å²) in [5.41, 5.74) is 0.260. The predicted molar refractivity (Wildman–Crippen MR) is 78.4 cm³/mol. The summed E-state index contributed by atoms with van der Waals surface area (Å²) in [4.78, 5) is 0. The number of hydrogen-bond acceptors (Lipinski definition) is 3. The van der Waals surface area contributed by atoms with Crippen LogP contribution in [-0.4, -0.2) is 38.5 Å². The highest BCUT2D eigenvalue weighted by molar-refractivity contribution is 4.88. The molecule has 2 aliphatic rings. The summed E-state index contributed by atoms with van der Waals surface area (Å²) in [7, 11) is 1.84. The fourth-order valence-corrected chi connectivity index (χ4v) is 3.62. The van der Waals surface area contributed by atoms with Crippen LogP contribution in [0.15, 0.2) is 0 Å². The summed E-state index contributed by atoms with van der Waals surface area (Å²) in [6, 6.07) is 0.688. The van der Waals surface area contributed by atoms with Crippen molar-refractivity contribution < 1.29 is 9.47 Å². The minimum Gasteiger partial charge on any atom is -0.381 e. The van der Waals surface area contributed by atoms with E-state index < -0.39 is 0 Å². The van der Waals surface area contributed by atoms with Crippen LogP contribution in [0.2, 0.25) is 0 Å². The Hall–Kier alpha value is -0.120. The van der Waals surface area contributed by atoms with E-state index >= 15 is 0 Å². The standard InChI is InChI=1S/C16H31NO2/c1-16(2,3)15-12(9-10-19-15)11-17-13-5-7-14(18-4)8-6-13/h12-15,17H,5-11H2,1-4H3/t12-,13?,14?,15+/m1/s1. The topological polar surface area (TPSA) is 30.5 Å². The average molecular weight is 269 g/mol. The first-order chi connectivity index (χ1) is 9.00. The van der Waals surface area contributed by atoms with E-state index in [2.05, 4.69) is 26.1 Å². The third-order valence-corrected chi connectivity index (χ3v) is 4.74. The van der Waals surface area contributed by atoms with Crippen LogP contribution in [-0.2, 0) is 9.47 Å². The van der Waals surface area contributed by atoms with Gasteiger partial charge in [0, 0.05) is 32.2 Å². The molecule has 0 bridgehead atoms. The van der Waals surface area contributed by atoms with Crippen LogP contribution in [0.5, 0.6) is 0 Å². The van der Waals surface area contributed by atoms with Gasteiger partial charge in [-0.3, -0.25) is 0 Å². The van der Waals surface area contributed by atoms with Gasteiger partial charge in [-0.15, -0.1) is 0 Å². The van der Waals surface area contributed by atoms with Gasteiger partial charge in [0.05, 0.1) is 12.2 Å². The lowest BCUT2D eigenvalue weighted by Crippen LogP contribution is -2.42. The van der Waals surface area contributed by atoms with Crippen molar-refractivity contribution in [2.75, 3.05) is 20.3 Å². The summed E-state index contributed by atoms with van der Waals surface area (Å²) in [5.74, 6) is 0.681. The summed E-state index contributed by atoms with van der Waals surface area (Å²) >= 11 is 0. The van der Waals surface area contributed by atoms with Gasteiger partial charge < -0.3 is 14.8 Å². The monoisotopic (exact) mass is 269 g/mol. The molecule has 2 fully saturated rings. The quantitative estimate of drug-likeness (QED) is 0.851. The molecule has 1 saturated heterocycles. The zero-order valence-electron chi connectivity index (χ0n) is 13.1. The van der Waals surface area contributed by atoms with E-state index in [1.54, 1.807) is 0 Å². The van der Waals surface area contributed by atoms with Crippen LogP contribution in [0.1, 0.15) is 52.9 Å². The Bertz CT molecular complexity index is 266. The maximum atomic E-state index is 5.94. The first kappa shape index (κ1) is 15.3. The molecule has 2 atom stereocenters. The highest BCUT2D eigenvalue weighted by Crippen LogP contribution is 2.34. The fourth-order valence-electron chi connectivity index (χ4n) is 3.62. The molecule has 1 N–H and O–H groups in total. The Kier molecular flexibility index (Phi) is 5.27. The molecule has 3 nitrogen and oxygen atoms in total. The Morgan fingerprint density at radius 3 is 2.37 bits per heavy atom. The van der Waals surface area contributed by atoms with Gasteiger partial charge >= 0.3 is 0 Å². The molecule has 19 heavy (non-hydrogen) atoms. The van der Waals surface area contributed by atoms with Crippen molar-refractivity contribution in [3.63, 3.8) is 0 Å². The normalized spacial score (nSPS) is 36.6. The SMILES string of the molecule is COC1CCC(NC[C@H]2CCO[C@@H]2C(C)(C)C)CC1. The Labute approximate surface area is 118 Å². The number of rotatable bonds is 4. The second kappa shape index (κ2) is 6.55. The van der Waals surface area contributed by atoms with Crippen LogP contribution in [0, 0.1) is 11.3 Å². The van der Waals surface area contributed by atoms with E-state index in [4.69, 9.17) is 9.47 Å². The van der Waals surface area contributed by atoms with Gasteiger partial charge in [-0.05, 0) is 37.5 Å². The molecule has 1 aliphatic carbocycles. The second-order valence-corrected chi connectivity index (χ2v) is 7.32. The lowest BCUT2D eigenvalue weighted by Gasteiger charge is -2.33. The molecule has 0 spiro atoms. The van der Waals surface area contributed by atoms with Gasteiger partial charge in [0.15, 0.2) is 0 Å². The van der Waals surface area contributed by atoms with Crippen LogP contribution in [0.25, 0.3) is 0 Å². The third kappa shape index (κ3) is 4.17. The van der Waals surface area contributed by atoms with E-state index in [9.17, 15) is 0 Å². The molecule has 1 heterocycles. The minimum atomic E-state index is 0.260. The molecule has 0 amide bonds. The second-order valence-electron chi connectivity index (χ2n) is 7.32. The lowest BCUT2D eigenvalue weighted by atomic mass is 9.81. The lowest BCUT2D eigenvalue weighted by molar-refractivity contribution is 0.00585. The molecule has 0 unspecified atom stereocenters. The van der Waals surface area contributed by atoms with Crippen LogP contribution >= 0.6 is 0 Å². The van der Waals surface area contributed by atoms with Gasteiger partial charge in [0.1, 0.15) is 0 Å². The molecular formula is C16H31NO2. The van der Waals surface area contributed by atoms with E-state index in [0.29, 0.717) is 24.2 Å². The van der Waals surface area contributed by atoms with Crippen molar-refractivity contribution in [3.8, 4) is 0 Å². The Balaban J connectivity index is 1.73. The Morgan fingerprint density at radius 1 is 1.11 bits per heavy atom. The third-order valence-electron chi connectivity index (χ3n) is 4.74. The van der Waals surface area contributed by atoms with Crippen LogP contribution in [0.3, 0.4) is 0 Å². The first-order valence-electron chi connectivity index (χ1n) is 7.88. The van der Waals surface area contributed by atoms with Crippen molar-refractivity contribution in [2.45, 2.75) is 71.1 Å². The zero-order chi connectivity index (χ0) is 13.9. The molecule has 0 aromatic carbocycles. The number of ether oxygens (including phenoxy) is 2. The molecular weight excluding hydrogens is 238 g/mol. The molecule has 3 heteroatoms. The van der Waals surface area contributed by atoms with E-state index in [0.717, 1.165) is 13.2 Å². The maximum absolute atomic E-state index is 5.94. The van der Waals surface area contributed by atoms with Gasteiger partial charge in [-0.25, -0.2) is 0 Å². The number of nitrogens with one attached hydrogen (secondary N) is 1. The minimum absolute atomic E-state index is 0.260. The van der Waals surface area contributed by atoms with E-state index in [-0.39, 0.29) is 5.41 Å². The van der Waals surface area contributed by atoms with Gasteiger partial charge in [0.25, 0.3) is 0 Å². The largest absolute Gasteiger partial charge is 0.381 e. The van der Waals surface area contributed by atoms with Gasteiger partial charge in [0.2, 0.25) is 0 Å². The van der Waals surface area contributed by atoms with E-state index in [1.165, 1.54) is 32.1 Å². The van der Waals surface area contributed by atoms with Crippen molar-refractivity contribution in [2.24, 2.45) is 11.3 Å². The summed E-state index contributed by atoms with van der Waals surface area (Å²) < 4.78 is 11.4. The van der Waals surface area contributed by atoms with Crippen molar-refractivity contribution in [1.29, 1.82) is 0 Å². The molecule has 112 valence electrons. The van der Waals surface area contributed by atoms with Crippen LogP contribution < -0.4 is 5.32 Å². The van der Waals surface area contributed by atoms with Gasteiger partial charge in [-0.2, -0.15) is 0 Å². The summed E-state index contributed by atoms with van der Waals surface area (Å²) in [5, 5.41) is 3.77. The van der Waals surface area contributed by atoms with E-state index in [1.807, 2.05) is 7.11 Å². The van der Waals surface area contributed by atoms with Crippen molar-refractivity contribution >= 4 is 0 Å². The van der Waals surface area contributed by atoms with Crippen LogP contribution in [0.4, 0.5) is 0 Å². The number of methoxy groups -OCH3 is 1.